The maximum atomic E-state index is 13.5. The Morgan fingerprint density at radius 1 is 1.26 bits per heavy atom. The number of amides is 3. The predicted octanol–water partition coefficient (Wildman–Crippen LogP) is 2.33. The number of rotatable bonds is 4. The Balaban J connectivity index is 1.37. The molecule has 1 saturated heterocycles. The third-order valence-electron chi connectivity index (χ3n) is 7.63. The molecule has 2 unspecified atom stereocenters. The SMILES string of the molecule is CCn1cnc2ccc(C3=CCN(C(=O)C4C(C(=O)NO)CC5(CC5)CN4C(=O)O)CC3)cc21. The van der Waals surface area contributed by atoms with Crippen LogP contribution in [0.25, 0.3) is 16.6 Å². The molecule has 5 rings (SSSR count). The average Bonchev–Trinajstić information content (AvgIpc) is 3.47. The van der Waals surface area contributed by atoms with Crippen molar-refractivity contribution in [2.75, 3.05) is 19.6 Å². The zero-order chi connectivity index (χ0) is 24.0. The summed E-state index contributed by atoms with van der Waals surface area (Å²) >= 11 is 0. The molecule has 1 spiro atoms. The van der Waals surface area contributed by atoms with Crippen molar-refractivity contribution in [3.8, 4) is 0 Å². The first kappa shape index (κ1) is 22.4. The molecule has 34 heavy (non-hydrogen) atoms. The second kappa shape index (κ2) is 8.43. The number of aromatic nitrogens is 2. The highest BCUT2D eigenvalue weighted by Crippen LogP contribution is 2.55. The first-order valence-corrected chi connectivity index (χ1v) is 11.7. The van der Waals surface area contributed by atoms with Crippen LogP contribution >= 0.6 is 0 Å². The number of hydroxylamine groups is 1. The van der Waals surface area contributed by atoms with Crippen LogP contribution in [0.5, 0.6) is 0 Å². The Morgan fingerprint density at radius 2 is 2.06 bits per heavy atom. The van der Waals surface area contributed by atoms with Crippen LogP contribution in [-0.2, 0) is 16.1 Å². The molecular weight excluding hydrogens is 438 g/mol. The monoisotopic (exact) mass is 467 g/mol. The highest BCUT2D eigenvalue weighted by atomic mass is 16.5. The van der Waals surface area contributed by atoms with Gasteiger partial charge in [0, 0.05) is 26.2 Å². The number of aryl methyl sites for hydroxylation is 1. The van der Waals surface area contributed by atoms with Crippen molar-refractivity contribution in [2.45, 2.75) is 45.2 Å². The normalized spacial score (nSPS) is 23.6. The van der Waals surface area contributed by atoms with E-state index in [1.54, 1.807) is 10.4 Å². The third-order valence-corrected chi connectivity index (χ3v) is 7.63. The number of benzene rings is 1. The van der Waals surface area contributed by atoms with Crippen LogP contribution in [0.4, 0.5) is 4.79 Å². The summed E-state index contributed by atoms with van der Waals surface area (Å²) in [5.41, 5.74) is 5.58. The van der Waals surface area contributed by atoms with Gasteiger partial charge < -0.3 is 14.6 Å². The molecule has 1 aromatic heterocycles. The number of hydrogen-bond acceptors (Lipinski definition) is 5. The van der Waals surface area contributed by atoms with Gasteiger partial charge in [-0.05, 0) is 61.3 Å². The van der Waals surface area contributed by atoms with Crippen LogP contribution in [0.1, 0.15) is 38.2 Å². The summed E-state index contributed by atoms with van der Waals surface area (Å²) in [7, 11) is 0. The lowest BCUT2D eigenvalue weighted by Gasteiger charge is -2.44. The number of carbonyl (C=O) groups is 3. The van der Waals surface area contributed by atoms with E-state index in [4.69, 9.17) is 0 Å². The molecule has 3 amide bonds. The van der Waals surface area contributed by atoms with Crippen LogP contribution < -0.4 is 5.48 Å². The van der Waals surface area contributed by atoms with E-state index in [0.717, 1.165) is 46.5 Å². The number of imidazole rings is 1. The fraction of sp³-hybridized carbons (Fsp3) is 0.500. The Kier molecular flexibility index (Phi) is 5.55. The average molecular weight is 468 g/mol. The number of carboxylic acid groups (broad SMARTS) is 1. The van der Waals surface area contributed by atoms with E-state index in [2.05, 4.69) is 22.5 Å². The molecule has 2 aliphatic heterocycles. The number of likely N-dealkylation sites (tertiary alicyclic amines) is 1. The second-order valence-corrected chi connectivity index (χ2v) is 9.64. The van der Waals surface area contributed by atoms with E-state index in [1.807, 2.05) is 24.5 Å². The van der Waals surface area contributed by atoms with E-state index in [0.29, 0.717) is 25.9 Å². The molecule has 3 heterocycles. The summed E-state index contributed by atoms with van der Waals surface area (Å²) in [6.07, 6.45) is 5.28. The van der Waals surface area contributed by atoms with Crippen LogP contribution in [0.15, 0.2) is 30.6 Å². The number of nitrogens with one attached hydrogen (secondary N) is 1. The van der Waals surface area contributed by atoms with Gasteiger partial charge in [0.2, 0.25) is 11.8 Å². The molecule has 2 fully saturated rings. The van der Waals surface area contributed by atoms with Crippen molar-refractivity contribution >= 4 is 34.5 Å². The summed E-state index contributed by atoms with van der Waals surface area (Å²) < 4.78 is 2.08. The van der Waals surface area contributed by atoms with E-state index in [1.165, 1.54) is 0 Å². The van der Waals surface area contributed by atoms with Gasteiger partial charge in [0.15, 0.2) is 0 Å². The van der Waals surface area contributed by atoms with Crippen LogP contribution in [0.2, 0.25) is 0 Å². The van der Waals surface area contributed by atoms with Crippen molar-refractivity contribution in [3.63, 3.8) is 0 Å². The minimum absolute atomic E-state index is 0.244. The van der Waals surface area contributed by atoms with Gasteiger partial charge in [0.1, 0.15) is 6.04 Å². The highest BCUT2D eigenvalue weighted by molar-refractivity contribution is 5.93. The molecule has 1 saturated carbocycles. The third kappa shape index (κ3) is 3.81. The maximum Gasteiger partial charge on any atom is 0.408 e. The van der Waals surface area contributed by atoms with Crippen molar-refractivity contribution in [3.05, 3.63) is 36.2 Å². The molecular formula is C24H29N5O5. The Bertz CT molecular complexity index is 1180. The van der Waals surface area contributed by atoms with Crippen molar-refractivity contribution < 1.29 is 24.7 Å². The lowest BCUT2D eigenvalue weighted by atomic mass is 9.79. The number of carbonyl (C=O) groups excluding carboxylic acids is 2. The molecule has 3 N–H and O–H groups in total. The van der Waals surface area contributed by atoms with Crippen LogP contribution in [-0.4, -0.2) is 73.2 Å². The van der Waals surface area contributed by atoms with E-state index in [-0.39, 0.29) is 17.9 Å². The lowest BCUT2D eigenvalue weighted by Crippen LogP contribution is -2.62. The van der Waals surface area contributed by atoms with Crippen LogP contribution in [0.3, 0.4) is 0 Å². The van der Waals surface area contributed by atoms with Gasteiger partial charge in [-0.15, -0.1) is 0 Å². The largest absolute Gasteiger partial charge is 0.465 e. The summed E-state index contributed by atoms with van der Waals surface area (Å²) in [6.45, 7) is 3.90. The van der Waals surface area contributed by atoms with Crippen molar-refractivity contribution in [1.82, 2.24) is 24.8 Å². The second-order valence-electron chi connectivity index (χ2n) is 9.64. The van der Waals surface area contributed by atoms with E-state index in [9.17, 15) is 24.7 Å². The zero-order valence-corrected chi connectivity index (χ0v) is 19.1. The Morgan fingerprint density at radius 3 is 2.68 bits per heavy atom. The fourth-order valence-electron chi connectivity index (χ4n) is 5.50. The lowest BCUT2D eigenvalue weighted by molar-refractivity contribution is -0.149. The standard InChI is InChI=1S/C24H29N5O5/c1-2-27-14-25-18-4-3-16(11-19(18)27)15-5-9-28(10-6-15)22(31)20-17(21(30)26-34)12-24(7-8-24)13-29(20)23(32)33/h3-5,11,14,17,20,34H,2,6-10,12-13H2,1H3,(H,26,30)(H,32,33). The summed E-state index contributed by atoms with van der Waals surface area (Å²) in [4.78, 5) is 45.1. The first-order chi connectivity index (χ1) is 16.4. The topological polar surface area (TPSA) is 128 Å². The van der Waals surface area contributed by atoms with Gasteiger partial charge >= 0.3 is 6.09 Å². The highest BCUT2D eigenvalue weighted by Gasteiger charge is 2.57. The molecule has 3 aliphatic rings. The smallest absolute Gasteiger partial charge is 0.408 e. The Hall–Kier alpha value is -3.40. The molecule has 2 atom stereocenters. The molecule has 2 aromatic rings. The van der Waals surface area contributed by atoms with Crippen LogP contribution in [0, 0.1) is 11.3 Å². The minimum atomic E-state index is -1.21. The number of nitrogens with zero attached hydrogens (tertiary/aromatic N) is 4. The zero-order valence-electron chi connectivity index (χ0n) is 19.1. The Labute approximate surface area is 196 Å². The summed E-state index contributed by atoms with van der Waals surface area (Å²) in [6, 6.07) is 5.00. The maximum absolute atomic E-state index is 13.5. The fourth-order valence-corrected chi connectivity index (χ4v) is 5.50. The molecule has 10 heteroatoms. The predicted molar refractivity (Wildman–Crippen MR) is 123 cm³/mol. The summed E-state index contributed by atoms with van der Waals surface area (Å²) in [5, 5.41) is 19.1. The number of fused-ring (bicyclic) bond motifs is 1. The van der Waals surface area contributed by atoms with Gasteiger partial charge in [-0.3, -0.25) is 19.7 Å². The summed E-state index contributed by atoms with van der Waals surface area (Å²) in [5.74, 6) is -2.00. The molecule has 1 aliphatic carbocycles. The quantitative estimate of drug-likeness (QED) is 0.468. The van der Waals surface area contributed by atoms with Gasteiger partial charge in [0.05, 0.1) is 23.3 Å². The van der Waals surface area contributed by atoms with E-state index >= 15 is 0 Å². The van der Waals surface area contributed by atoms with Gasteiger partial charge in [0.25, 0.3) is 0 Å². The molecule has 10 nitrogen and oxygen atoms in total. The number of hydrogen-bond donors (Lipinski definition) is 3. The molecule has 1 aromatic carbocycles. The first-order valence-electron chi connectivity index (χ1n) is 11.7. The van der Waals surface area contributed by atoms with Crippen molar-refractivity contribution in [1.29, 1.82) is 0 Å². The minimum Gasteiger partial charge on any atom is -0.465 e. The van der Waals surface area contributed by atoms with Gasteiger partial charge in [-0.1, -0.05) is 12.1 Å². The molecule has 180 valence electrons. The van der Waals surface area contributed by atoms with Crippen molar-refractivity contribution in [2.24, 2.45) is 11.3 Å². The van der Waals surface area contributed by atoms with E-state index < -0.39 is 24.0 Å². The number of piperidine rings is 1. The molecule has 0 radical (unpaired) electrons. The molecule has 0 bridgehead atoms. The van der Waals surface area contributed by atoms with Gasteiger partial charge in [-0.25, -0.2) is 15.3 Å². The van der Waals surface area contributed by atoms with Gasteiger partial charge in [-0.2, -0.15) is 0 Å².